The molecule has 0 aliphatic heterocycles. The zero-order valence-corrected chi connectivity index (χ0v) is 14.3. The van der Waals surface area contributed by atoms with Crippen LogP contribution in [-0.2, 0) is 10.5 Å². The quantitative estimate of drug-likeness (QED) is 0.711. The van der Waals surface area contributed by atoms with Crippen molar-refractivity contribution in [2.45, 2.75) is 5.75 Å². The highest BCUT2D eigenvalue weighted by atomic mass is 35.5. The van der Waals surface area contributed by atoms with Crippen molar-refractivity contribution in [1.29, 1.82) is 0 Å². The lowest BCUT2D eigenvalue weighted by Crippen LogP contribution is -2.30. The van der Waals surface area contributed by atoms with E-state index in [1.807, 2.05) is 0 Å². The summed E-state index contributed by atoms with van der Waals surface area (Å²) in [6.45, 7) is 0.289. The highest BCUT2D eigenvalue weighted by Crippen LogP contribution is 2.23. The fourth-order valence-corrected chi connectivity index (χ4v) is 3.04. The van der Waals surface area contributed by atoms with Gasteiger partial charge in [-0.05, 0) is 36.4 Å². The Labute approximate surface area is 148 Å². The summed E-state index contributed by atoms with van der Waals surface area (Å²) in [5.41, 5.74) is 0.468. The largest absolute Gasteiger partial charge is 0.484 e. The van der Waals surface area contributed by atoms with Gasteiger partial charge in [0.15, 0.2) is 6.61 Å². The van der Waals surface area contributed by atoms with Crippen molar-refractivity contribution in [1.82, 2.24) is 5.32 Å². The normalized spacial score (nSPS) is 10.5. The molecule has 128 valence electrons. The van der Waals surface area contributed by atoms with E-state index in [9.17, 15) is 13.6 Å². The van der Waals surface area contributed by atoms with Crippen LogP contribution in [0.4, 0.5) is 8.78 Å². The molecule has 0 aromatic heterocycles. The van der Waals surface area contributed by atoms with Crippen molar-refractivity contribution in [2.24, 2.45) is 0 Å². The molecule has 2 rings (SSSR count). The number of thioether (sulfide) groups is 1. The average Bonchev–Trinajstić information content (AvgIpc) is 2.56. The third-order valence-corrected chi connectivity index (χ3v) is 4.40. The molecule has 0 saturated carbocycles. The molecular weight excluding hydrogens is 356 g/mol. The summed E-state index contributed by atoms with van der Waals surface area (Å²) in [6.07, 6.45) is 0. The zero-order chi connectivity index (χ0) is 17.4. The highest BCUT2D eigenvalue weighted by molar-refractivity contribution is 7.98. The second-order valence-electron chi connectivity index (χ2n) is 4.85. The van der Waals surface area contributed by atoms with E-state index in [1.165, 1.54) is 42.1 Å². The van der Waals surface area contributed by atoms with Crippen molar-refractivity contribution in [3.63, 3.8) is 0 Å². The molecule has 0 unspecified atom stereocenters. The van der Waals surface area contributed by atoms with Crippen LogP contribution in [0, 0.1) is 11.6 Å². The summed E-state index contributed by atoms with van der Waals surface area (Å²) < 4.78 is 31.5. The van der Waals surface area contributed by atoms with Crippen LogP contribution < -0.4 is 10.1 Å². The molecule has 0 fully saturated rings. The minimum Gasteiger partial charge on any atom is -0.484 e. The van der Waals surface area contributed by atoms with Crippen molar-refractivity contribution >= 4 is 29.3 Å². The number of hydrogen-bond acceptors (Lipinski definition) is 3. The Bertz CT molecular complexity index is 663. The molecule has 0 bridgehead atoms. The molecule has 1 N–H and O–H groups in total. The van der Waals surface area contributed by atoms with Gasteiger partial charge in [-0.1, -0.05) is 17.7 Å². The minimum absolute atomic E-state index is 0.143. The molecule has 0 radical (unpaired) electrons. The van der Waals surface area contributed by atoms with E-state index in [4.69, 9.17) is 16.3 Å². The molecule has 0 spiro atoms. The summed E-state index contributed by atoms with van der Waals surface area (Å²) >= 11 is 7.41. The van der Waals surface area contributed by atoms with Crippen molar-refractivity contribution < 1.29 is 18.3 Å². The molecular formula is C17H16ClF2NO2S. The van der Waals surface area contributed by atoms with Gasteiger partial charge in [0.1, 0.15) is 17.4 Å². The molecule has 0 saturated heterocycles. The SMILES string of the molecule is O=C(COc1ccc(F)cc1)NCCSCc1c(F)cccc1Cl. The fourth-order valence-electron chi connectivity index (χ4n) is 1.84. The highest BCUT2D eigenvalue weighted by Gasteiger charge is 2.07. The van der Waals surface area contributed by atoms with E-state index in [0.717, 1.165) is 0 Å². The number of hydrogen-bond donors (Lipinski definition) is 1. The first-order valence-corrected chi connectivity index (χ1v) is 8.75. The molecule has 0 atom stereocenters. The summed E-state index contributed by atoms with van der Waals surface area (Å²) in [4.78, 5) is 11.6. The van der Waals surface area contributed by atoms with Crippen LogP contribution in [0.3, 0.4) is 0 Å². The molecule has 0 aliphatic rings. The van der Waals surface area contributed by atoms with Gasteiger partial charge in [0.2, 0.25) is 0 Å². The van der Waals surface area contributed by atoms with Gasteiger partial charge in [0.25, 0.3) is 5.91 Å². The smallest absolute Gasteiger partial charge is 0.257 e. The van der Waals surface area contributed by atoms with E-state index in [0.29, 0.717) is 34.4 Å². The number of amides is 1. The fraction of sp³-hybridized carbons (Fsp3) is 0.235. The maximum absolute atomic E-state index is 13.6. The Kier molecular flexibility index (Phi) is 7.34. The van der Waals surface area contributed by atoms with Gasteiger partial charge >= 0.3 is 0 Å². The molecule has 24 heavy (non-hydrogen) atoms. The topological polar surface area (TPSA) is 38.3 Å². The first-order chi connectivity index (χ1) is 11.6. The van der Waals surface area contributed by atoms with Gasteiger partial charge in [-0.2, -0.15) is 11.8 Å². The third-order valence-electron chi connectivity index (χ3n) is 3.06. The Hall–Kier alpha value is -1.79. The van der Waals surface area contributed by atoms with Gasteiger partial charge in [0.05, 0.1) is 0 Å². The average molecular weight is 372 g/mol. The minimum atomic E-state index is -0.362. The molecule has 3 nitrogen and oxygen atoms in total. The van der Waals surface area contributed by atoms with E-state index < -0.39 is 0 Å². The van der Waals surface area contributed by atoms with E-state index in [1.54, 1.807) is 12.1 Å². The maximum Gasteiger partial charge on any atom is 0.257 e. The Morgan fingerprint density at radius 2 is 1.92 bits per heavy atom. The van der Waals surface area contributed by atoms with Crippen LogP contribution in [0.25, 0.3) is 0 Å². The first kappa shape index (κ1) is 18.5. The molecule has 1 amide bonds. The predicted octanol–water partition coefficient (Wildman–Crippen LogP) is 4.05. The van der Waals surface area contributed by atoms with Crippen LogP contribution in [0.1, 0.15) is 5.56 Å². The van der Waals surface area contributed by atoms with Crippen molar-refractivity contribution in [2.75, 3.05) is 18.9 Å². The molecule has 2 aromatic rings. The summed E-state index contributed by atoms with van der Waals surface area (Å²) in [6, 6.07) is 10.0. The van der Waals surface area contributed by atoms with Gasteiger partial charge < -0.3 is 10.1 Å². The summed E-state index contributed by atoms with van der Waals surface area (Å²) in [5, 5.41) is 3.10. The summed E-state index contributed by atoms with van der Waals surface area (Å²) in [5.74, 6) is 0.518. The lowest BCUT2D eigenvalue weighted by atomic mass is 10.2. The van der Waals surface area contributed by atoms with Crippen LogP contribution in [0.15, 0.2) is 42.5 Å². The monoisotopic (exact) mass is 371 g/mol. The van der Waals surface area contributed by atoms with E-state index in [-0.39, 0.29) is 24.1 Å². The van der Waals surface area contributed by atoms with Gasteiger partial charge in [0, 0.05) is 28.6 Å². The Balaban J connectivity index is 1.62. The first-order valence-electron chi connectivity index (χ1n) is 7.22. The third kappa shape index (κ3) is 6.02. The number of carbonyl (C=O) groups is 1. The van der Waals surface area contributed by atoms with E-state index >= 15 is 0 Å². The number of nitrogens with one attached hydrogen (secondary N) is 1. The number of carbonyl (C=O) groups excluding carboxylic acids is 1. The molecule has 7 heteroatoms. The van der Waals surface area contributed by atoms with Crippen LogP contribution in [0.5, 0.6) is 5.75 Å². The lowest BCUT2D eigenvalue weighted by Gasteiger charge is -2.08. The second kappa shape index (κ2) is 9.49. The zero-order valence-electron chi connectivity index (χ0n) is 12.7. The number of benzene rings is 2. The number of rotatable bonds is 8. The number of ether oxygens (including phenoxy) is 1. The summed E-state index contributed by atoms with van der Waals surface area (Å²) in [7, 11) is 0. The lowest BCUT2D eigenvalue weighted by molar-refractivity contribution is -0.122. The van der Waals surface area contributed by atoms with Crippen molar-refractivity contribution in [3.05, 3.63) is 64.7 Å². The van der Waals surface area contributed by atoms with Crippen LogP contribution >= 0.6 is 23.4 Å². The van der Waals surface area contributed by atoms with Gasteiger partial charge in [-0.15, -0.1) is 0 Å². The predicted molar refractivity (Wildman–Crippen MR) is 92.5 cm³/mol. The molecule has 0 aliphatic carbocycles. The number of halogens is 3. The Morgan fingerprint density at radius 3 is 2.62 bits per heavy atom. The van der Waals surface area contributed by atoms with E-state index in [2.05, 4.69) is 5.32 Å². The molecule has 2 aromatic carbocycles. The molecule has 0 heterocycles. The van der Waals surface area contributed by atoms with Crippen molar-refractivity contribution in [3.8, 4) is 5.75 Å². The second-order valence-corrected chi connectivity index (χ2v) is 6.36. The van der Waals surface area contributed by atoms with Crippen LogP contribution in [0.2, 0.25) is 5.02 Å². The Morgan fingerprint density at radius 1 is 1.17 bits per heavy atom. The standard InChI is InChI=1S/C17H16ClF2NO2S/c18-15-2-1-3-16(20)14(15)11-24-9-8-21-17(22)10-23-13-6-4-12(19)5-7-13/h1-7H,8-11H2,(H,21,22). The van der Waals surface area contributed by atoms with Crippen LogP contribution in [-0.4, -0.2) is 24.8 Å². The van der Waals surface area contributed by atoms with Gasteiger partial charge in [-0.25, -0.2) is 8.78 Å². The maximum atomic E-state index is 13.6. The van der Waals surface area contributed by atoms with Gasteiger partial charge in [-0.3, -0.25) is 4.79 Å².